The monoisotopic (exact) mass is 1340 g/mol. The zero-order chi connectivity index (χ0) is 69.9. The van der Waals surface area contributed by atoms with Crippen molar-refractivity contribution in [3.05, 3.63) is 130 Å². The van der Waals surface area contributed by atoms with Gasteiger partial charge in [-0.1, -0.05) is 79.7 Å². The maximum Gasteiger partial charge on any atom is 0.407 e. The van der Waals surface area contributed by atoms with Gasteiger partial charge in [-0.25, -0.2) is 9.78 Å². The molecule has 0 spiro atoms. The summed E-state index contributed by atoms with van der Waals surface area (Å²) in [5, 5.41) is 49.9. The number of carbonyl (C=O) groups is 12. The third-order valence-corrected chi connectivity index (χ3v) is 17.1. The number of amides is 12. The first kappa shape index (κ1) is 72.8. The van der Waals surface area contributed by atoms with Crippen LogP contribution in [0.25, 0.3) is 11.1 Å². The molecule has 512 valence electrons. The predicted octanol–water partition coefficient (Wildman–Crippen LogP) is 0.818. The molecule has 15 N–H and O–H groups in total. The molecule has 0 saturated heterocycles. The first-order chi connectivity index (χ1) is 45.6. The third-order valence-electron chi connectivity index (χ3n) is 16.1. The van der Waals surface area contributed by atoms with Gasteiger partial charge in [0.2, 0.25) is 59.1 Å². The van der Waals surface area contributed by atoms with Crippen LogP contribution in [0.3, 0.4) is 0 Å². The van der Waals surface area contributed by atoms with Crippen molar-refractivity contribution in [2.24, 2.45) is 11.8 Å². The van der Waals surface area contributed by atoms with Crippen molar-refractivity contribution in [1.29, 1.82) is 0 Å². The fourth-order valence-electron chi connectivity index (χ4n) is 10.4. The van der Waals surface area contributed by atoms with E-state index in [4.69, 9.17) is 4.74 Å². The van der Waals surface area contributed by atoms with Crippen LogP contribution in [0.1, 0.15) is 100 Å². The number of benzene rings is 4. The van der Waals surface area contributed by atoms with E-state index in [-0.39, 0.29) is 43.3 Å². The number of ether oxygens (including phenoxy) is 1. The molecule has 1 aliphatic heterocycles. The number of rotatable bonds is 18. The maximum absolute atomic E-state index is 14.1. The molecule has 2 aliphatic rings. The molecule has 1 aliphatic carbocycles. The number of phenolic OH excluding ortho intramolecular Hbond substituents is 2. The van der Waals surface area contributed by atoms with Crippen molar-refractivity contribution in [3.63, 3.8) is 0 Å². The van der Waals surface area contributed by atoms with Gasteiger partial charge in [0.1, 0.15) is 66.4 Å². The molecule has 2 heterocycles. The minimum Gasteiger partial charge on any atom is -0.508 e. The highest BCUT2D eigenvalue weighted by atomic mass is 32.1. The number of alkyl carbamates (subject to hydrolysis) is 1. The first-order valence-electron chi connectivity index (χ1n) is 31.3. The number of hydrazine groups is 1. The standard InChI is InChI=1S/C66H82N14O15S/c1-33(55(84)79-80-62(91)40(8)74-61(90)39(7)77-66(94)95-32-51-48-16-11-9-14-46(48)47-15-10-12-17-49(47)51)50(27-41-18-21-44(81)22-19-41)63(92)75-37(5)59(88)72-35(3)57(86)69-31-54(83)78-52-28-42-20-23-53(82)43(26-42)29-45-30-70-65(96-45)68-25-13-24-67-56(85)34(2)71-58(87)36(4)73-60(89)38(6)76-64(52)93/h9-12,14-23,26,30,33-40,50-52,81-82H,13,24-25,27-29,31-32H2,1-8H3,(H,67,85)(H,68,70)(H,69,86)(H,71,87)(H,72,88)(H,73,89)(H,74,90)(H,75,92)(H,76,93)(H,77,94)(H,78,83)(H,79,84)(H,80,91)/t33-,34-,35-,36-,37-,38-,39-,40-,50+,52-/m0/s1. The van der Waals surface area contributed by atoms with Crippen molar-refractivity contribution in [1.82, 2.24) is 69.0 Å². The summed E-state index contributed by atoms with van der Waals surface area (Å²) < 4.78 is 5.55. The Morgan fingerprint density at radius 3 is 1.79 bits per heavy atom. The lowest BCUT2D eigenvalue weighted by atomic mass is 9.86. The summed E-state index contributed by atoms with van der Waals surface area (Å²) in [4.78, 5) is 166. The molecular formula is C66H82N14O15S. The molecule has 4 aromatic carbocycles. The number of nitrogens with zero attached hydrogens (tertiary/aromatic N) is 1. The lowest BCUT2D eigenvalue weighted by Gasteiger charge is -2.26. The number of anilines is 1. The quantitative estimate of drug-likeness (QED) is 0.0540. The van der Waals surface area contributed by atoms with Crippen molar-refractivity contribution < 1.29 is 72.5 Å². The molecule has 1 aromatic heterocycles. The van der Waals surface area contributed by atoms with Gasteiger partial charge in [0.25, 0.3) is 5.91 Å². The van der Waals surface area contributed by atoms with Crippen LogP contribution >= 0.6 is 11.3 Å². The second-order valence-corrected chi connectivity index (χ2v) is 24.8. The Bertz CT molecular complexity index is 3650. The zero-order valence-corrected chi connectivity index (χ0v) is 55.1. The normalized spacial score (nSPS) is 18.8. The number of carbonyl (C=O) groups excluding carboxylic acids is 12. The molecule has 96 heavy (non-hydrogen) atoms. The van der Waals surface area contributed by atoms with Crippen molar-refractivity contribution in [2.75, 3.05) is 31.6 Å². The van der Waals surface area contributed by atoms with Crippen LogP contribution in [0.2, 0.25) is 0 Å². The van der Waals surface area contributed by atoms with Gasteiger partial charge in [-0.3, -0.25) is 63.6 Å². The van der Waals surface area contributed by atoms with Gasteiger partial charge in [0.15, 0.2) is 5.13 Å². The number of nitrogens with one attached hydrogen (secondary N) is 13. The molecule has 7 rings (SSSR count). The number of phenols is 2. The molecule has 5 aromatic rings. The van der Waals surface area contributed by atoms with E-state index < -0.39 is 138 Å². The Hall–Kier alpha value is -10.6. The molecule has 0 unspecified atom stereocenters. The summed E-state index contributed by atoms with van der Waals surface area (Å²) in [6, 6.07) is 16.2. The zero-order valence-electron chi connectivity index (χ0n) is 54.3. The van der Waals surface area contributed by atoms with Gasteiger partial charge >= 0.3 is 6.09 Å². The highest BCUT2D eigenvalue weighted by Gasteiger charge is 2.35. The van der Waals surface area contributed by atoms with Crippen LogP contribution in [-0.2, 0) is 76.7 Å². The van der Waals surface area contributed by atoms with E-state index in [2.05, 4.69) is 74.3 Å². The fraction of sp³-hybridized carbons (Fsp3) is 0.409. The molecule has 29 nitrogen and oxygen atoms in total. The number of hydrogen-bond acceptors (Lipinski definition) is 18. The van der Waals surface area contributed by atoms with Gasteiger partial charge in [0.05, 0.1) is 12.5 Å². The molecule has 0 saturated carbocycles. The van der Waals surface area contributed by atoms with E-state index in [0.29, 0.717) is 41.3 Å². The number of thiazole rings is 1. The van der Waals surface area contributed by atoms with Crippen LogP contribution in [0.5, 0.6) is 11.5 Å². The van der Waals surface area contributed by atoms with E-state index in [0.717, 1.165) is 27.1 Å². The Morgan fingerprint density at radius 1 is 0.615 bits per heavy atom. The van der Waals surface area contributed by atoms with E-state index >= 15 is 0 Å². The van der Waals surface area contributed by atoms with Crippen molar-refractivity contribution >= 4 is 87.5 Å². The Kier molecular flexibility index (Phi) is 25.7. The predicted molar refractivity (Wildman–Crippen MR) is 352 cm³/mol. The first-order valence-corrected chi connectivity index (χ1v) is 32.1. The van der Waals surface area contributed by atoms with Gasteiger partial charge in [0, 0.05) is 48.8 Å². The maximum atomic E-state index is 14.1. The molecule has 30 heteroatoms. The summed E-state index contributed by atoms with van der Waals surface area (Å²) in [5.41, 5.74) is 10.1. The Morgan fingerprint density at radius 2 is 1.16 bits per heavy atom. The summed E-state index contributed by atoms with van der Waals surface area (Å²) in [6.45, 7) is 11.0. The van der Waals surface area contributed by atoms with Crippen LogP contribution in [0, 0.1) is 11.8 Å². The molecular weight excluding hydrogens is 1260 g/mol. The van der Waals surface area contributed by atoms with E-state index in [1.165, 1.54) is 97.1 Å². The minimum absolute atomic E-state index is 0.00452. The molecule has 4 bridgehead atoms. The van der Waals surface area contributed by atoms with Crippen molar-refractivity contribution in [2.45, 2.75) is 135 Å². The van der Waals surface area contributed by atoms with Gasteiger partial charge in [-0.05, 0) is 118 Å². The summed E-state index contributed by atoms with van der Waals surface area (Å²) in [5.74, 6) is -11.3. The van der Waals surface area contributed by atoms with E-state index in [1.807, 2.05) is 48.5 Å². The van der Waals surface area contributed by atoms with Gasteiger partial charge in [-0.2, -0.15) is 0 Å². The molecule has 12 amide bonds. The van der Waals surface area contributed by atoms with Crippen LogP contribution < -0.4 is 69.3 Å². The van der Waals surface area contributed by atoms with Gasteiger partial charge < -0.3 is 73.4 Å². The smallest absolute Gasteiger partial charge is 0.407 e. The Balaban J connectivity index is 0.909. The second kappa shape index (κ2) is 34.0. The highest BCUT2D eigenvalue weighted by Crippen LogP contribution is 2.44. The molecule has 10 atom stereocenters. The highest BCUT2D eigenvalue weighted by molar-refractivity contribution is 7.15. The minimum atomic E-state index is -1.40. The van der Waals surface area contributed by atoms with Crippen molar-refractivity contribution in [3.8, 4) is 22.6 Å². The van der Waals surface area contributed by atoms with Gasteiger partial charge in [-0.15, -0.1) is 11.3 Å². The molecule has 0 fully saturated rings. The van der Waals surface area contributed by atoms with Crippen LogP contribution in [0.4, 0.5) is 9.93 Å². The van der Waals surface area contributed by atoms with Crippen LogP contribution in [0.15, 0.2) is 97.2 Å². The van der Waals surface area contributed by atoms with Crippen LogP contribution in [-0.4, -0.2) is 161 Å². The fourth-order valence-corrected chi connectivity index (χ4v) is 11.3. The summed E-state index contributed by atoms with van der Waals surface area (Å²) in [6.07, 6.45) is 1.28. The third kappa shape index (κ3) is 20.4. The summed E-state index contributed by atoms with van der Waals surface area (Å²) >= 11 is 1.34. The number of fused-ring (bicyclic) bond motifs is 7. The topological polar surface area (TPSA) is 424 Å². The van der Waals surface area contributed by atoms with E-state index in [9.17, 15) is 67.7 Å². The largest absolute Gasteiger partial charge is 0.508 e. The number of aromatic nitrogens is 1. The average molecular weight is 1340 g/mol. The second-order valence-electron chi connectivity index (χ2n) is 23.7. The molecule has 0 radical (unpaired) electrons. The lowest BCUT2D eigenvalue weighted by molar-refractivity contribution is -0.138. The number of hydrogen-bond donors (Lipinski definition) is 15. The lowest BCUT2D eigenvalue weighted by Crippen LogP contribution is -2.57. The van der Waals surface area contributed by atoms with E-state index in [1.54, 1.807) is 18.3 Å². The SMILES string of the molecule is C[C@H](NC(=O)OCC1c2ccccc2-c2ccccc21)C(=O)N[C@@H](C)C(=O)NNC(=O)[C@@H](C)[C@@H](Cc1ccc(O)cc1)C(=O)N[C@@H](C)C(=O)N[C@@H](C)C(=O)NCC(=O)N[C@H]1Cc2ccc(O)c(c2)Cc2cnc(s2)NCCCNC(=O)[C@H](C)NC(=O)[C@H](C)NC(=O)[C@H](C)NC1=O. The Labute approximate surface area is 557 Å². The summed E-state index contributed by atoms with van der Waals surface area (Å²) in [7, 11) is 0. The average Bonchev–Trinajstić information content (AvgIpc) is 1.62. The number of aromatic hydroxyl groups is 2.